The van der Waals surface area contributed by atoms with Gasteiger partial charge in [0.15, 0.2) is 17.5 Å². The summed E-state index contributed by atoms with van der Waals surface area (Å²) in [7, 11) is 0. The second kappa shape index (κ2) is 14.5. The molecule has 0 spiro atoms. The molecule has 61 heavy (non-hydrogen) atoms. The Bertz CT molecular complexity index is 3990. The molecule has 0 bridgehead atoms. The molecule has 0 atom stereocenters. The van der Waals surface area contributed by atoms with Crippen LogP contribution in [0.15, 0.2) is 212 Å². The molecule has 0 N–H and O–H groups in total. The van der Waals surface area contributed by atoms with E-state index in [0.29, 0.717) is 48.5 Å². The molecule has 0 aliphatic heterocycles. The van der Waals surface area contributed by atoms with Crippen LogP contribution in [-0.2, 0) is 0 Å². The van der Waals surface area contributed by atoms with Crippen LogP contribution in [0.2, 0.25) is 0 Å². The molecule has 10 aromatic carbocycles. The van der Waals surface area contributed by atoms with Gasteiger partial charge in [0.1, 0.15) is 0 Å². The number of benzene rings is 10. The number of hydrogen-bond donors (Lipinski definition) is 0. The van der Waals surface area contributed by atoms with Gasteiger partial charge in [-0.3, -0.25) is 0 Å². The van der Waals surface area contributed by atoms with E-state index in [4.69, 9.17) is 19.1 Å². The quantitative estimate of drug-likeness (QED) is 0.157. The lowest BCUT2D eigenvalue weighted by molar-refractivity contribution is 1.08. The van der Waals surface area contributed by atoms with Crippen LogP contribution in [0.1, 0.15) is 8.22 Å². The summed E-state index contributed by atoms with van der Waals surface area (Å²) in [4.78, 5) is 15.2. The minimum Gasteiger partial charge on any atom is -0.208 e. The minimum atomic E-state index is -0.256. The predicted molar refractivity (Wildman–Crippen MR) is 258 cm³/mol. The van der Waals surface area contributed by atoms with E-state index in [9.17, 15) is 4.11 Å². The number of rotatable bonds is 6. The van der Waals surface area contributed by atoms with E-state index in [0.717, 1.165) is 71.5 Å². The third kappa shape index (κ3) is 6.24. The summed E-state index contributed by atoms with van der Waals surface area (Å²) in [6, 6.07) is 57.6. The Morgan fingerprint density at radius 3 is 1.67 bits per heavy atom. The Balaban J connectivity index is 1.08. The summed E-state index contributed by atoms with van der Waals surface area (Å²) in [5.41, 5.74) is 6.52. The van der Waals surface area contributed by atoms with Crippen LogP contribution < -0.4 is 0 Å². The highest BCUT2D eigenvalue weighted by Crippen LogP contribution is 2.42. The van der Waals surface area contributed by atoms with Gasteiger partial charge in [-0.05, 0) is 89.9 Å². The highest BCUT2D eigenvalue weighted by Gasteiger charge is 2.17. The fraction of sp³-hybridized carbons (Fsp3) is 0. The molecule has 284 valence electrons. The van der Waals surface area contributed by atoms with Crippen molar-refractivity contribution in [2.45, 2.75) is 0 Å². The Kier molecular flexibility index (Phi) is 6.99. The molecular weight excluding hydrogens is 759 g/mol. The first kappa shape index (κ1) is 29.4. The molecule has 4 heteroatoms. The Hall–Kier alpha value is -7.79. The zero-order valence-electron chi connectivity index (χ0n) is 38.5. The summed E-state index contributed by atoms with van der Waals surface area (Å²) in [6.45, 7) is 0. The van der Waals surface area contributed by atoms with Gasteiger partial charge in [-0.1, -0.05) is 188 Å². The molecule has 0 aliphatic carbocycles. The lowest BCUT2D eigenvalue weighted by Crippen LogP contribution is -2.00. The molecule has 0 aliphatic rings. The van der Waals surface area contributed by atoms with E-state index >= 15 is 0 Å². The van der Waals surface area contributed by atoms with Gasteiger partial charge < -0.3 is 0 Å². The lowest BCUT2D eigenvalue weighted by atomic mass is 9.96. The van der Waals surface area contributed by atoms with Crippen molar-refractivity contribution >= 4 is 63.8 Å². The Morgan fingerprint density at radius 2 is 0.902 bits per heavy atom. The first-order valence-electron chi connectivity index (χ1n) is 23.1. The number of thiophene rings is 1. The SMILES string of the molecule is [2H]c1c([2H])c(-c2ccc(-c3ccccc3)cc2)c2c(sc3c([2H])c(-c4nc(-c5cccc(-c6ccccc6)c5)nc(-c5ccc6ccc7c8ccccc8ccc7c6c5)n4)c([2H])c([2H])c32)c1[2H]. The molecular formula is C57H35N3S. The van der Waals surface area contributed by atoms with Crippen molar-refractivity contribution in [3.8, 4) is 67.5 Å². The van der Waals surface area contributed by atoms with Gasteiger partial charge in [0.25, 0.3) is 0 Å². The van der Waals surface area contributed by atoms with E-state index < -0.39 is 0 Å². The van der Waals surface area contributed by atoms with E-state index in [1.807, 2.05) is 121 Å². The summed E-state index contributed by atoms with van der Waals surface area (Å²) >= 11 is 1.13. The van der Waals surface area contributed by atoms with Crippen molar-refractivity contribution in [2.75, 3.05) is 0 Å². The number of nitrogens with zero attached hydrogens (tertiary/aromatic N) is 3. The summed E-state index contributed by atoms with van der Waals surface area (Å²) in [5, 5.41) is 7.33. The molecule has 0 unspecified atom stereocenters. The van der Waals surface area contributed by atoms with Gasteiger partial charge in [0.2, 0.25) is 0 Å². The first-order valence-corrected chi connectivity index (χ1v) is 20.9. The molecule has 0 fully saturated rings. The fourth-order valence-electron chi connectivity index (χ4n) is 8.41. The van der Waals surface area contributed by atoms with Crippen molar-refractivity contribution in [1.82, 2.24) is 15.0 Å². The average Bonchev–Trinajstić information content (AvgIpc) is 3.79. The van der Waals surface area contributed by atoms with Crippen LogP contribution in [0, 0.1) is 0 Å². The van der Waals surface area contributed by atoms with Crippen LogP contribution in [0.5, 0.6) is 0 Å². The summed E-state index contributed by atoms with van der Waals surface area (Å²) < 4.78 is 57.0. The minimum absolute atomic E-state index is 0.0587. The maximum Gasteiger partial charge on any atom is 0.164 e. The molecule has 12 rings (SSSR count). The maximum atomic E-state index is 9.84. The van der Waals surface area contributed by atoms with E-state index in [1.165, 1.54) is 0 Å². The average molecular weight is 800 g/mol. The molecule has 0 amide bonds. The molecule has 2 heterocycles. The van der Waals surface area contributed by atoms with E-state index in [2.05, 4.69) is 54.6 Å². The van der Waals surface area contributed by atoms with Crippen LogP contribution >= 0.6 is 11.3 Å². The number of aromatic nitrogens is 3. The molecule has 0 saturated heterocycles. The van der Waals surface area contributed by atoms with Crippen molar-refractivity contribution in [3.05, 3.63) is 212 Å². The second-order valence-corrected chi connectivity index (χ2v) is 16.1. The van der Waals surface area contributed by atoms with Crippen LogP contribution in [-0.4, -0.2) is 15.0 Å². The Morgan fingerprint density at radius 1 is 0.344 bits per heavy atom. The van der Waals surface area contributed by atoms with Crippen molar-refractivity contribution in [2.24, 2.45) is 0 Å². The van der Waals surface area contributed by atoms with Crippen molar-refractivity contribution in [1.29, 1.82) is 0 Å². The van der Waals surface area contributed by atoms with Crippen molar-refractivity contribution < 1.29 is 8.22 Å². The second-order valence-electron chi connectivity index (χ2n) is 15.1. The predicted octanol–water partition coefficient (Wildman–Crippen LogP) is 15.7. The van der Waals surface area contributed by atoms with Gasteiger partial charge in [-0.25, -0.2) is 15.0 Å². The topological polar surface area (TPSA) is 38.7 Å². The maximum absolute atomic E-state index is 9.84. The monoisotopic (exact) mass is 799 g/mol. The highest BCUT2D eigenvalue weighted by atomic mass is 32.1. The van der Waals surface area contributed by atoms with Gasteiger partial charge in [-0.15, -0.1) is 11.3 Å². The lowest BCUT2D eigenvalue weighted by Gasteiger charge is -2.12. The standard InChI is InChI=1S/C57H35N3S/c1-3-11-36(12-4-1)38-21-23-40(24-22-38)47-19-10-20-52-54(47)50-32-29-45(35-53(50)61-52)57-59-55(43-17-9-16-42(33-43)37-13-5-2-6-14-37)58-56(60-57)44-26-25-41-28-30-48-46-18-8-7-15-39(46)27-31-49(48)51(41)34-44/h1-35H/i10D,19D,20D,29D,32D,35D. The molecule has 2 aromatic heterocycles. The van der Waals surface area contributed by atoms with Gasteiger partial charge >= 0.3 is 0 Å². The third-order valence-corrected chi connectivity index (χ3v) is 12.5. The zero-order valence-corrected chi connectivity index (χ0v) is 33.3. The van der Waals surface area contributed by atoms with Gasteiger partial charge in [0.05, 0.1) is 8.22 Å². The van der Waals surface area contributed by atoms with Crippen LogP contribution in [0.4, 0.5) is 0 Å². The molecule has 0 radical (unpaired) electrons. The molecule has 12 aromatic rings. The zero-order chi connectivity index (χ0) is 45.5. The first-order chi connectivity index (χ1) is 32.7. The number of hydrogen-bond acceptors (Lipinski definition) is 4. The van der Waals surface area contributed by atoms with Crippen LogP contribution in [0.3, 0.4) is 0 Å². The fourth-order valence-corrected chi connectivity index (χ4v) is 9.43. The summed E-state index contributed by atoms with van der Waals surface area (Å²) in [6.07, 6.45) is 0. The normalized spacial score (nSPS) is 13.0. The van der Waals surface area contributed by atoms with Gasteiger partial charge in [-0.2, -0.15) is 0 Å². The van der Waals surface area contributed by atoms with Crippen LogP contribution in [0.25, 0.3) is 120 Å². The van der Waals surface area contributed by atoms with E-state index in [-0.39, 0.29) is 47.6 Å². The smallest absolute Gasteiger partial charge is 0.164 e. The largest absolute Gasteiger partial charge is 0.208 e. The van der Waals surface area contributed by atoms with Crippen molar-refractivity contribution in [3.63, 3.8) is 0 Å². The molecule has 0 saturated carbocycles. The Labute approximate surface area is 365 Å². The third-order valence-electron chi connectivity index (χ3n) is 11.4. The summed E-state index contributed by atoms with van der Waals surface area (Å²) in [5.74, 6) is 0.761. The van der Waals surface area contributed by atoms with E-state index in [1.54, 1.807) is 0 Å². The number of fused-ring (bicyclic) bond motifs is 8. The van der Waals surface area contributed by atoms with Gasteiger partial charge in [0, 0.05) is 36.9 Å². The highest BCUT2D eigenvalue weighted by molar-refractivity contribution is 7.26. The molecule has 3 nitrogen and oxygen atoms in total.